The van der Waals surface area contributed by atoms with Crippen LogP contribution < -0.4 is 4.74 Å². The number of ether oxygens (including phenoxy) is 1. The van der Waals surface area contributed by atoms with Crippen LogP contribution in [0.25, 0.3) is 0 Å². The van der Waals surface area contributed by atoms with Crippen LogP contribution >= 0.6 is 0 Å². The van der Waals surface area contributed by atoms with Crippen molar-refractivity contribution in [3.63, 3.8) is 0 Å². The predicted molar refractivity (Wildman–Crippen MR) is 58.8 cm³/mol. The van der Waals surface area contributed by atoms with Crippen LogP contribution in [0.1, 0.15) is 12.5 Å². The lowest BCUT2D eigenvalue weighted by molar-refractivity contribution is 0.275. The van der Waals surface area contributed by atoms with Gasteiger partial charge in [0.25, 0.3) is 0 Å². The number of benzene rings is 1. The number of aliphatic imine (C=N–C) groups is 1. The summed E-state index contributed by atoms with van der Waals surface area (Å²) in [6, 6.07) is 4.99. The van der Waals surface area contributed by atoms with Crippen LogP contribution in [0.2, 0.25) is 0 Å². The molecule has 0 aliphatic carbocycles. The van der Waals surface area contributed by atoms with Crippen LogP contribution in [0.5, 0.6) is 11.5 Å². The van der Waals surface area contributed by atoms with Gasteiger partial charge in [-0.15, -0.1) is 0 Å². The number of methoxy groups -OCH3 is 1. The van der Waals surface area contributed by atoms with Crippen molar-refractivity contribution in [2.45, 2.75) is 13.0 Å². The normalized spacial score (nSPS) is 13.0. The van der Waals surface area contributed by atoms with Crippen molar-refractivity contribution in [3.8, 4) is 11.5 Å². The standard InChI is InChI=1S/C11H15NO3/c1-8(7-13)12-6-9-4-3-5-10(15-2)11(9)14/h3-6,8,13-14H,7H2,1-2H3/t8-/m0/s1. The van der Waals surface area contributed by atoms with Crippen molar-refractivity contribution in [1.82, 2.24) is 0 Å². The van der Waals surface area contributed by atoms with Gasteiger partial charge in [0.05, 0.1) is 19.8 Å². The summed E-state index contributed by atoms with van der Waals surface area (Å²) in [5, 5.41) is 18.5. The van der Waals surface area contributed by atoms with Crippen LogP contribution in [-0.2, 0) is 0 Å². The Kier molecular flexibility index (Phi) is 4.12. The third kappa shape index (κ3) is 2.95. The van der Waals surface area contributed by atoms with Crippen LogP contribution in [0.3, 0.4) is 0 Å². The van der Waals surface area contributed by atoms with E-state index in [0.29, 0.717) is 11.3 Å². The van der Waals surface area contributed by atoms with Crippen molar-refractivity contribution in [2.24, 2.45) is 4.99 Å². The van der Waals surface area contributed by atoms with Gasteiger partial charge in [0.2, 0.25) is 0 Å². The lowest BCUT2D eigenvalue weighted by Gasteiger charge is -2.05. The highest BCUT2D eigenvalue weighted by Crippen LogP contribution is 2.27. The minimum atomic E-state index is -0.171. The molecule has 0 fully saturated rings. The maximum Gasteiger partial charge on any atom is 0.166 e. The number of phenols is 1. The van der Waals surface area contributed by atoms with Crippen molar-refractivity contribution < 1.29 is 14.9 Å². The lowest BCUT2D eigenvalue weighted by atomic mass is 10.2. The van der Waals surface area contributed by atoms with Gasteiger partial charge in [-0.25, -0.2) is 0 Å². The summed E-state index contributed by atoms with van der Waals surface area (Å²) in [7, 11) is 1.49. The van der Waals surface area contributed by atoms with E-state index < -0.39 is 0 Å². The van der Waals surface area contributed by atoms with Gasteiger partial charge in [0, 0.05) is 11.8 Å². The zero-order valence-electron chi connectivity index (χ0n) is 8.84. The Hall–Kier alpha value is -1.55. The van der Waals surface area contributed by atoms with E-state index in [1.165, 1.54) is 13.3 Å². The molecule has 0 spiro atoms. The molecular weight excluding hydrogens is 194 g/mol. The number of hydrogen-bond donors (Lipinski definition) is 2. The summed E-state index contributed by atoms with van der Waals surface area (Å²) in [6.07, 6.45) is 1.53. The number of phenolic OH excluding ortho intramolecular Hbond substituents is 1. The monoisotopic (exact) mass is 209 g/mol. The molecule has 1 atom stereocenters. The average Bonchev–Trinajstić information content (AvgIpc) is 2.27. The second kappa shape index (κ2) is 5.36. The summed E-state index contributed by atoms with van der Waals surface area (Å²) in [4.78, 5) is 4.06. The van der Waals surface area contributed by atoms with Crippen molar-refractivity contribution in [1.29, 1.82) is 0 Å². The summed E-state index contributed by atoms with van der Waals surface area (Å²) in [5.74, 6) is 0.476. The minimum Gasteiger partial charge on any atom is -0.504 e. The molecule has 2 N–H and O–H groups in total. The number of rotatable bonds is 4. The van der Waals surface area contributed by atoms with Gasteiger partial charge < -0.3 is 14.9 Å². The van der Waals surface area contributed by atoms with Gasteiger partial charge in [-0.1, -0.05) is 6.07 Å². The number of nitrogens with zero attached hydrogens (tertiary/aromatic N) is 1. The molecule has 0 aliphatic rings. The average molecular weight is 209 g/mol. The van der Waals surface area contributed by atoms with Gasteiger partial charge in [0.1, 0.15) is 0 Å². The highest BCUT2D eigenvalue weighted by molar-refractivity contribution is 5.84. The Balaban J connectivity index is 2.90. The first-order chi connectivity index (χ1) is 7.19. The highest BCUT2D eigenvalue weighted by Gasteiger charge is 2.04. The molecule has 0 unspecified atom stereocenters. The third-order valence-corrected chi connectivity index (χ3v) is 1.98. The van der Waals surface area contributed by atoms with E-state index in [0.717, 1.165) is 0 Å². The number of aliphatic hydroxyl groups excluding tert-OH is 1. The first kappa shape index (κ1) is 11.5. The van der Waals surface area contributed by atoms with Crippen molar-refractivity contribution in [3.05, 3.63) is 23.8 Å². The van der Waals surface area contributed by atoms with Gasteiger partial charge in [-0.05, 0) is 19.1 Å². The summed E-state index contributed by atoms with van der Waals surface area (Å²) >= 11 is 0. The Morgan fingerprint density at radius 1 is 1.53 bits per heavy atom. The molecule has 4 nitrogen and oxygen atoms in total. The molecule has 1 aromatic rings. The molecule has 4 heteroatoms. The maximum absolute atomic E-state index is 9.70. The van der Waals surface area contributed by atoms with Crippen molar-refractivity contribution in [2.75, 3.05) is 13.7 Å². The number of para-hydroxylation sites is 1. The quantitative estimate of drug-likeness (QED) is 0.732. The fourth-order valence-electron chi connectivity index (χ4n) is 1.06. The zero-order chi connectivity index (χ0) is 11.3. The Morgan fingerprint density at radius 2 is 2.27 bits per heavy atom. The minimum absolute atomic E-state index is 0.0127. The third-order valence-electron chi connectivity index (χ3n) is 1.98. The van der Waals surface area contributed by atoms with E-state index in [4.69, 9.17) is 9.84 Å². The molecule has 1 rings (SSSR count). The van der Waals surface area contributed by atoms with E-state index in [1.54, 1.807) is 25.1 Å². The molecule has 0 aromatic heterocycles. The maximum atomic E-state index is 9.70. The van der Waals surface area contributed by atoms with E-state index in [-0.39, 0.29) is 18.4 Å². The first-order valence-electron chi connectivity index (χ1n) is 4.69. The van der Waals surface area contributed by atoms with Crippen LogP contribution in [-0.4, -0.2) is 36.2 Å². The van der Waals surface area contributed by atoms with Gasteiger partial charge in [-0.2, -0.15) is 0 Å². The Labute approximate surface area is 88.9 Å². The smallest absolute Gasteiger partial charge is 0.166 e. The number of aromatic hydroxyl groups is 1. The van der Waals surface area contributed by atoms with E-state index >= 15 is 0 Å². The summed E-state index contributed by atoms with van der Waals surface area (Å²) in [5.41, 5.74) is 0.578. The highest BCUT2D eigenvalue weighted by atomic mass is 16.5. The molecule has 1 aromatic carbocycles. The predicted octanol–water partition coefficient (Wildman–Crippen LogP) is 1.20. The molecule has 0 heterocycles. The second-order valence-electron chi connectivity index (χ2n) is 3.21. The van der Waals surface area contributed by atoms with Gasteiger partial charge in [0.15, 0.2) is 11.5 Å². The molecule has 0 aliphatic heterocycles. The number of aliphatic hydroxyl groups is 1. The zero-order valence-corrected chi connectivity index (χ0v) is 8.84. The van der Waals surface area contributed by atoms with E-state index in [2.05, 4.69) is 4.99 Å². The van der Waals surface area contributed by atoms with Crippen molar-refractivity contribution >= 4 is 6.21 Å². The summed E-state index contributed by atoms with van der Waals surface area (Å²) in [6.45, 7) is 1.77. The molecule has 0 saturated heterocycles. The topological polar surface area (TPSA) is 62.0 Å². The van der Waals surface area contributed by atoms with E-state index in [9.17, 15) is 5.11 Å². The van der Waals surface area contributed by atoms with Crippen LogP contribution in [0.4, 0.5) is 0 Å². The number of hydrogen-bond acceptors (Lipinski definition) is 4. The SMILES string of the molecule is COc1cccc(C=N[C@@H](C)CO)c1O. The van der Waals surface area contributed by atoms with Crippen LogP contribution in [0.15, 0.2) is 23.2 Å². The van der Waals surface area contributed by atoms with E-state index in [1.807, 2.05) is 0 Å². The molecule has 15 heavy (non-hydrogen) atoms. The lowest BCUT2D eigenvalue weighted by Crippen LogP contribution is -2.04. The fraction of sp³-hybridized carbons (Fsp3) is 0.364. The largest absolute Gasteiger partial charge is 0.504 e. The second-order valence-corrected chi connectivity index (χ2v) is 3.21. The van der Waals surface area contributed by atoms with Gasteiger partial charge >= 0.3 is 0 Å². The summed E-state index contributed by atoms with van der Waals surface area (Å²) < 4.78 is 4.96. The molecule has 0 amide bonds. The van der Waals surface area contributed by atoms with Gasteiger partial charge in [-0.3, -0.25) is 4.99 Å². The first-order valence-corrected chi connectivity index (χ1v) is 4.69. The molecule has 0 bridgehead atoms. The Bertz CT molecular complexity index is 350. The molecular formula is C11H15NO3. The molecule has 0 saturated carbocycles. The van der Waals surface area contributed by atoms with Crippen LogP contribution in [0, 0.1) is 0 Å². The molecule has 0 radical (unpaired) electrons. The molecule has 82 valence electrons. The fourth-order valence-corrected chi connectivity index (χ4v) is 1.06. The Morgan fingerprint density at radius 3 is 2.87 bits per heavy atom.